The second-order valence-electron chi connectivity index (χ2n) is 8.23. The number of fused-ring (bicyclic) bond motifs is 6. The average Bonchev–Trinajstić information content (AvgIpc) is 3.40. The Hall–Kier alpha value is -4.30. The Labute approximate surface area is 184 Å². The van der Waals surface area contributed by atoms with Crippen molar-refractivity contribution >= 4 is 43.7 Å². The summed E-state index contributed by atoms with van der Waals surface area (Å²) in [6.45, 7) is 0. The molecule has 2 heterocycles. The first kappa shape index (κ1) is 17.4. The van der Waals surface area contributed by atoms with Crippen LogP contribution in [-0.4, -0.2) is 4.57 Å². The molecule has 32 heavy (non-hydrogen) atoms. The van der Waals surface area contributed by atoms with Gasteiger partial charge in [0, 0.05) is 27.2 Å². The van der Waals surface area contributed by atoms with Crippen molar-refractivity contribution in [2.24, 2.45) is 0 Å². The standard InChI is InChI=1S/C30H19NO/c1-4-10-27-23(7-1)24-8-2-5-11-28(24)31(27)22-16-13-20(14-17-22)21-15-18-30-26(19-21)25-9-3-6-12-29(25)32-30/h1-19H. The lowest BCUT2D eigenvalue weighted by atomic mass is 10.0. The molecular formula is C30H19NO. The van der Waals surface area contributed by atoms with Crippen LogP contribution in [0.5, 0.6) is 0 Å². The Morgan fingerprint density at radius 1 is 0.438 bits per heavy atom. The first-order valence-electron chi connectivity index (χ1n) is 10.9. The van der Waals surface area contributed by atoms with Gasteiger partial charge in [-0.1, -0.05) is 72.8 Å². The molecule has 150 valence electrons. The van der Waals surface area contributed by atoms with Gasteiger partial charge in [0.15, 0.2) is 0 Å². The molecule has 0 saturated heterocycles. The van der Waals surface area contributed by atoms with Gasteiger partial charge in [-0.3, -0.25) is 0 Å². The summed E-state index contributed by atoms with van der Waals surface area (Å²) < 4.78 is 8.34. The van der Waals surface area contributed by atoms with Crippen LogP contribution in [0.15, 0.2) is 120 Å². The number of aromatic nitrogens is 1. The largest absolute Gasteiger partial charge is 0.456 e. The molecule has 0 amide bonds. The molecular weight excluding hydrogens is 390 g/mol. The second kappa shape index (κ2) is 6.60. The fourth-order valence-corrected chi connectivity index (χ4v) is 4.91. The van der Waals surface area contributed by atoms with Crippen LogP contribution in [0, 0.1) is 0 Å². The summed E-state index contributed by atoms with van der Waals surface area (Å²) in [7, 11) is 0. The predicted molar refractivity (Wildman–Crippen MR) is 133 cm³/mol. The van der Waals surface area contributed by atoms with Crippen molar-refractivity contribution in [1.82, 2.24) is 4.57 Å². The molecule has 2 heteroatoms. The molecule has 2 nitrogen and oxygen atoms in total. The average molecular weight is 409 g/mol. The van der Waals surface area contributed by atoms with E-state index in [4.69, 9.17) is 4.42 Å². The predicted octanol–water partition coefficient (Wildman–Crippen LogP) is 8.35. The van der Waals surface area contributed by atoms with E-state index in [-0.39, 0.29) is 0 Å². The SMILES string of the molecule is c1ccc2c(c1)oc1ccc(-c3ccc(-n4c5ccccc5c5ccccc54)cc3)cc12. The minimum atomic E-state index is 0.928. The first-order chi connectivity index (χ1) is 15.9. The van der Waals surface area contributed by atoms with Crippen LogP contribution in [0.4, 0.5) is 0 Å². The van der Waals surface area contributed by atoms with Crippen molar-refractivity contribution < 1.29 is 4.42 Å². The molecule has 5 aromatic carbocycles. The Kier molecular flexibility index (Phi) is 3.58. The zero-order valence-corrected chi connectivity index (χ0v) is 17.3. The van der Waals surface area contributed by atoms with Crippen LogP contribution < -0.4 is 0 Å². The van der Waals surface area contributed by atoms with Gasteiger partial charge in [0.1, 0.15) is 11.2 Å². The van der Waals surface area contributed by atoms with Gasteiger partial charge in [0.25, 0.3) is 0 Å². The van der Waals surface area contributed by atoms with Crippen LogP contribution in [0.1, 0.15) is 0 Å². The lowest BCUT2D eigenvalue weighted by Gasteiger charge is -2.09. The molecule has 0 aliphatic rings. The van der Waals surface area contributed by atoms with Crippen molar-refractivity contribution in [3.8, 4) is 16.8 Å². The van der Waals surface area contributed by atoms with E-state index in [9.17, 15) is 0 Å². The number of rotatable bonds is 2. The topological polar surface area (TPSA) is 18.1 Å². The van der Waals surface area contributed by atoms with Gasteiger partial charge in [-0.05, 0) is 53.6 Å². The highest BCUT2D eigenvalue weighted by molar-refractivity contribution is 6.09. The number of benzene rings is 5. The fraction of sp³-hybridized carbons (Fsp3) is 0. The van der Waals surface area contributed by atoms with E-state index < -0.39 is 0 Å². The number of para-hydroxylation sites is 3. The zero-order valence-electron chi connectivity index (χ0n) is 17.3. The van der Waals surface area contributed by atoms with Gasteiger partial charge in [-0.15, -0.1) is 0 Å². The van der Waals surface area contributed by atoms with Gasteiger partial charge in [0.2, 0.25) is 0 Å². The van der Waals surface area contributed by atoms with Gasteiger partial charge < -0.3 is 8.98 Å². The zero-order chi connectivity index (χ0) is 21.1. The minimum absolute atomic E-state index is 0.928. The monoisotopic (exact) mass is 409 g/mol. The molecule has 0 aliphatic carbocycles. The van der Waals surface area contributed by atoms with E-state index in [2.05, 4.69) is 108 Å². The van der Waals surface area contributed by atoms with Gasteiger partial charge in [-0.25, -0.2) is 0 Å². The Balaban J connectivity index is 1.38. The highest BCUT2D eigenvalue weighted by Gasteiger charge is 2.12. The van der Waals surface area contributed by atoms with Crippen molar-refractivity contribution in [3.63, 3.8) is 0 Å². The third-order valence-corrected chi connectivity index (χ3v) is 6.42. The maximum atomic E-state index is 5.99. The minimum Gasteiger partial charge on any atom is -0.456 e. The number of nitrogens with zero attached hydrogens (tertiary/aromatic N) is 1. The maximum absolute atomic E-state index is 5.99. The summed E-state index contributed by atoms with van der Waals surface area (Å²) in [5.74, 6) is 0. The molecule has 7 aromatic rings. The number of hydrogen-bond acceptors (Lipinski definition) is 1. The van der Waals surface area contributed by atoms with Gasteiger partial charge in [0.05, 0.1) is 11.0 Å². The molecule has 0 N–H and O–H groups in total. The van der Waals surface area contributed by atoms with E-state index in [1.807, 2.05) is 12.1 Å². The van der Waals surface area contributed by atoms with Crippen LogP contribution in [0.2, 0.25) is 0 Å². The van der Waals surface area contributed by atoms with E-state index in [1.54, 1.807) is 0 Å². The van der Waals surface area contributed by atoms with Crippen LogP contribution >= 0.6 is 0 Å². The van der Waals surface area contributed by atoms with E-state index in [0.29, 0.717) is 0 Å². The first-order valence-corrected chi connectivity index (χ1v) is 10.9. The Bertz CT molecular complexity index is 1710. The third kappa shape index (κ3) is 2.47. The quantitative estimate of drug-likeness (QED) is 0.280. The highest BCUT2D eigenvalue weighted by Crippen LogP contribution is 2.34. The molecule has 0 fully saturated rings. The summed E-state index contributed by atoms with van der Waals surface area (Å²) in [5.41, 5.74) is 7.87. The van der Waals surface area contributed by atoms with Gasteiger partial charge >= 0.3 is 0 Å². The lowest BCUT2D eigenvalue weighted by Crippen LogP contribution is -1.93. The molecule has 0 atom stereocenters. The Morgan fingerprint density at radius 3 is 1.72 bits per heavy atom. The molecule has 2 aromatic heterocycles. The van der Waals surface area contributed by atoms with Crippen LogP contribution in [-0.2, 0) is 0 Å². The van der Waals surface area contributed by atoms with Gasteiger partial charge in [-0.2, -0.15) is 0 Å². The third-order valence-electron chi connectivity index (χ3n) is 6.42. The molecule has 0 aliphatic heterocycles. The number of hydrogen-bond donors (Lipinski definition) is 0. The van der Waals surface area contributed by atoms with Crippen molar-refractivity contribution in [1.29, 1.82) is 0 Å². The lowest BCUT2D eigenvalue weighted by molar-refractivity contribution is 0.669. The van der Waals surface area contributed by atoms with E-state index >= 15 is 0 Å². The summed E-state index contributed by atoms with van der Waals surface area (Å²) in [6.07, 6.45) is 0. The molecule has 0 saturated carbocycles. The normalized spacial score (nSPS) is 11.8. The molecule has 0 spiro atoms. The smallest absolute Gasteiger partial charge is 0.135 e. The summed E-state index contributed by atoms with van der Waals surface area (Å²) in [4.78, 5) is 0. The fourth-order valence-electron chi connectivity index (χ4n) is 4.91. The summed E-state index contributed by atoms with van der Waals surface area (Å²) >= 11 is 0. The summed E-state index contributed by atoms with van der Waals surface area (Å²) in [6, 6.07) is 40.7. The van der Waals surface area contributed by atoms with Crippen molar-refractivity contribution in [2.75, 3.05) is 0 Å². The summed E-state index contributed by atoms with van der Waals surface area (Å²) in [5, 5.41) is 4.88. The maximum Gasteiger partial charge on any atom is 0.135 e. The van der Waals surface area contributed by atoms with Crippen LogP contribution in [0.3, 0.4) is 0 Å². The molecule has 0 unspecified atom stereocenters. The Morgan fingerprint density at radius 2 is 1.00 bits per heavy atom. The van der Waals surface area contributed by atoms with Crippen LogP contribution in [0.25, 0.3) is 60.6 Å². The number of furan rings is 1. The highest BCUT2D eigenvalue weighted by atomic mass is 16.3. The second-order valence-corrected chi connectivity index (χ2v) is 8.23. The van der Waals surface area contributed by atoms with Crippen molar-refractivity contribution in [2.45, 2.75) is 0 Å². The van der Waals surface area contributed by atoms with E-state index in [1.165, 1.54) is 38.6 Å². The van der Waals surface area contributed by atoms with Crippen molar-refractivity contribution in [3.05, 3.63) is 115 Å². The molecule has 7 rings (SSSR count). The van der Waals surface area contributed by atoms with E-state index in [0.717, 1.165) is 21.9 Å². The molecule has 0 radical (unpaired) electrons. The molecule has 0 bridgehead atoms.